The molecule has 3 aromatic rings. The highest BCUT2D eigenvalue weighted by Gasteiger charge is 2.34. The Balaban J connectivity index is 1.98. The van der Waals surface area contributed by atoms with E-state index in [2.05, 4.69) is 23.8 Å². The van der Waals surface area contributed by atoms with Crippen molar-refractivity contribution in [2.45, 2.75) is 33.6 Å². The van der Waals surface area contributed by atoms with Crippen molar-refractivity contribution >= 4 is 23.0 Å². The Hall–Kier alpha value is -2.66. The summed E-state index contributed by atoms with van der Waals surface area (Å²) in [5.41, 5.74) is 11.8. The molecule has 0 unspecified atom stereocenters. The Morgan fingerprint density at radius 2 is 1.93 bits per heavy atom. The predicted molar refractivity (Wildman–Crippen MR) is 109 cm³/mol. The molecule has 1 amide bonds. The Bertz CT molecular complexity index is 1060. The number of aromatic nitrogens is 1. The summed E-state index contributed by atoms with van der Waals surface area (Å²) in [6.07, 6.45) is 1.41. The summed E-state index contributed by atoms with van der Waals surface area (Å²) in [6, 6.07) is 9.57. The predicted octanol–water partition coefficient (Wildman–Crippen LogP) is 4.77. The van der Waals surface area contributed by atoms with Crippen LogP contribution in [0.15, 0.2) is 41.1 Å². The number of hydrogen-bond donors (Lipinski definition) is 1. The molecule has 27 heavy (non-hydrogen) atoms. The zero-order chi connectivity index (χ0) is 19.3. The summed E-state index contributed by atoms with van der Waals surface area (Å²) in [5, 5.41) is 4.07. The van der Waals surface area contributed by atoms with Crippen LogP contribution < -0.4 is 5.73 Å². The average molecular weight is 378 g/mol. The van der Waals surface area contributed by atoms with Gasteiger partial charge in [-0.25, -0.2) is 0 Å². The minimum Gasteiger partial charge on any atom is -0.366 e. The molecule has 1 aliphatic rings. The summed E-state index contributed by atoms with van der Waals surface area (Å²) in [6.45, 7) is 6.30. The van der Waals surface area contributed by atoms with E-state index < -0.39 is 5.91 Å². The van der Waals surface area contributed by atoms with Crippen LogP contribution in [0.4, 0.5) is 0 Å². The lowest BCUT2D eigenvalue weighted by molar-refractivity contribution is 0.0910. The molecule has 0 aliphatic heterocycles. The van der Waals surface area contributed by atoms with Crippen molar-refractivity contribution in [3.05, 3.63) is 63.6 Å². The average Bonchev–Trinajstić information content (AvgIpc) is 3.21. The highest BCUT2D eigenvalue weighted by Crippen LogP contribution is 2.39. The molecule has 5 heteroatoms. The topological polar surface area (TPSA) is 65.1 Å². The molecule has 2 heterocycles. The summed E-state index contributed by atoms with van der Waals surface area (Å²) >= 11 is 1.61. The summed E-state index contributed by atoms with van der Waals surface area (Å²) in [5.74, 6) is -0.241. The largest absolute Gasteiger partial charge is 0.366 e. The first-order chi connectivity index (χ1) is 12.8. The highest BCUT2D eigenvalue weighted by atomic mass is 32.1. The number of benzene rings is 1. The Morgan fingerprint density at radius 1 is 1.15 bits per heavy atom. The van der Waals surface area contributed by atoms with E-state index in [1.807, 2.05) is 36.6 Å². The number of ketones is 1. The smallest absolute Gasteiger partial charge is 0.248 e. The fraction of sp³-hybridized carbons (Fsp3) is 0.273. The highest BCUT2D eigenvalue weighted by molar-refractivity contribution is 7.08. The van der Waals surface area contributed by atoms with Gasteiger partial charge in [0.1, 0.15) is 0 Å². The lowest BCUT2D eigenvalue weighted by atomic mass is 9.76. The molecule has 0 fully saturated rings. The van der Waals surface area contributed by atoms with E-state index in [4.69, 9.17) is 5.73 Å². The van der Waals surface area contributed by atoms with Crippen LogP contribution in [-0.2, 0) is 6.42 Å². The second kappa shape index (κ2) is 6.20. The molecule has 0 saturated carbocycles. The van der Waals surface area contributed by atoms with Gasteiger partial charge in [-0.1, -0.05) is 13.8 Å². The minimum absolute atomic E-state index is 0.0671. The number of amides is 1. The molecule has 138 valence electrons. The van der Waals surface area contributed by atoms with Crippen LogP contribution in [0.2, 0.25) is 0 Å². The normalized spacial score (nSPS) is 15.6. The Morgan fingerprint density at radius 3 is 2.59 bits per heavy atom. The quantitative estimate of drug-likeness (QED) is 0.713. The molecule has 4 rings (SSSR count). The molecular weight excluding hydrogens is 356 g/mol. The number of nitrogens with zero attached hydrogens (tertiary/aromatic N) is 1. The number of primary amides is 1. The van der Waals surface area contributed by atoms with Crippen LogP contribution in [0, 0.1) is 12.3 Å². The second-order valence-electron chi connectivity index (χ2n) is 8.03. The molecule has 1 aromatic carbocycles. The van der Waals surface area contributed by atoms with Crippen LogP contribution in [0.1, 0.15) is 52.4 Å². The first kappa shape index (κ1) is 17.7. The number of thiophene rings is 1. The van der Waals surface area contributed by atoms with Gasteiger partial charge >= 0.3 is 0 Å². The van der Waals surface area contributed by atoms with Gasteiger partial charge in [0, 0.05) is 34.5 Å². The maximum Gasteiger partial charge on any atom is 0.248 e. The number of carbonyl (C=O) groups is 2. The van der Waals surface area contributed by atoms with E-state index in [0.717, 1.165) is 40.2 Å². The van der Waals surface area contributed by atoms with Gasteiger partial charge in [0.25, 0.3) is 0 Å². The van der Waals surface area contributed by atoms with E-state index in [-0.39, 0.29) is 11.2 Å². The standard InChI is InChI=1S/C22H22N2O2S/c1-13-8-17-19(10-22(2,3)11-20(17)25)24(13)18-5-4-14(21(23)26)9-16(18)15-6-7-27-12-15/h4-9,12H,10-11H2,1-3H3,(H2,23,26). The zero-order valence-electron chi connectivity index (χ0n) is 15.7. The number of aryl methyl sites for hydroxylation is 1. The van der Waals surface area contributed by atoms with Crippen LogP contribution in [0.25, 0.3) is 16.8 Å². The molecule has 2 aromatic heterocycles. The van der Waals surface area contributed by atoms with E-state index in [0.29, 0.717) is 12.0 Å². The lowest BCUT2D eigenvalue weighted by Gasteiger charge is -2.30. The third kappa shape index (κ3) is 3.02. The molecule has 0 atom stereocenters. The molecule has 0 spiro atoms. The molecule has 0 radical (unpaired) electrons. The SMILES string of the molecule is Cc1cc2c(n1-c1ccc(C(N)=O)cc1-c1ccsc1)CC(C)(C)CC2=O. The fourth-order valence-corrected chi connectivity index (χ4v) is 4.68. The van der Waals surface area contributed by atoms with Gasteiger partial charge in [-0.15, -0.1) is 0 Å². The van der Waals surface area contributed by atoms with Crippen molar-refractivity contribution in [1.82, 2.24) is 4.57 Å². The minimum atomic E-state index is -0.444. The molecular formula is C22H22N2O2S. The maximum atomic E-state index is 12.7. The van der Waals surface area contributed by atoms with Gasteiger partial charge in [0.05, 0.1) is 5.69 Å². The van der Waals surface area contributed by atoms with Crippen molar-refractivity contribution in [2.75, 3.05) is 0 Å². The molecule has 0 bridgehead atoms. The molecule has 2 N–H and O–H groups in total. The number of hydrogen-bond acceptors (Lipinski definition) is 3. The number of carbonyl (C=O) groups excluding carboxylic acids is 2. The number of nitrogens with two attached hydrogens (primary N) is 1. The van der Waals surface area contributed by atoms with Crippen molar-refractivity contribution in [3.63, 3.8) is 0 Å². The molecule has 1 aliphatic carbocycles. The maximum absolute atomic E-state index is 12.7. The van der Waals surface area contributed by atoms with Crippen molar-refractivity contribution < 1.29 is 9.59 Å². The van der Waals surface area contributed by atoms with Gasteiger partial charge in [0.2, 0.25) is 5.91 Å². The summed E-state index contributed by atoms with van der Waals surface area (Å²) in [4.78, 5) is 24.4. The Kier molecular flexibility index (Phi) is 4.07. The van der Waals surface area contributed by atoms with Gasteiger partial charge in [-0.2, -0.15) is 11.3 Å². The number of fused-ring (bicyclic) bond motifs is 1. The monoisotopic (exact) mass is 378 g/mol. The van der Waals surface area contributed by atoms with Gasteiger partial charge in [0.15, 0.2) is 5.78 Å². The van der Waals surface area contributed by atoms with Gasteiger partial charge in [-0.05, 0) is 65.4 Å². The van der Waals surface area contributed by atoms with E-state index >= 15 is 0 Å². The third-order valence-electron chi connectivity index (χ3n) is 5.23. The molecule has 4 nitrogen and oxygen atoms in total. The van der Waals surface area contributed by atoms with Crippen molar-refractivity contribution in [1.29, 1.82) is 0 Å². The van der Waals surface area contributed by atoms with Gasteiger partial charge < -0.3 is 10.3 Å². The number of rotatable bonds is 3. The third-order valence-corrected chi connectivity index (χ3v) is 5.91. The van der Waals surface area contributed by atoms with Crippen LogP contribution in [0.3, 0.4) is 0 Å². The second-order valence-corrected chi connectivity index (χ2v) is 8.81. The van der Waals surface area contributed by atoms with Crippen LogP contribution in [-0.4, -0.2) is 16.3 Å². The van der Waals surface area contributed by atoms with Crippen LogP contribution in [0.5, 0.6) is 0 Å². The Labute approximate surface area is 162 Å². The zero-order valence-corrected chi connectivity index (χ0v) is 16.5. The summed E-state index contributed by atoms with van der Waals surface area (Å²) < 4.78 is 2.17. The van der Waals surface area contributed by atoms with Crippen LogP contribution >= 0.6 is 11.3 Å². The molecule has 0 saturated heterocycles. The number of Topliss-reactive ketones (excluding diaryl/α,β-unsaturated/α-hetero) is 1. The first-order valence-corrected chi connectivity index (χ1v) is 9.92. The van der Waals surface area contributed by atoms with E-state index in [1.165, 1.54) is 0 Å². The fourth-order valence-electron chi connectivity index (χ4n) is 4.02. The lowest BCUT2D eigenvalue weighted by Crippen LogP contribution is -2.28. The summed E-state index contributed by atoms with van der Waals surface area (Å²) in [7, 11) is 0. The van der Waals surface area contributed by atoms with Crippen molar-refractivity contribution in [2.24, 2.45) is 11.1 Å². The van der Waals surface area contributed by atoms with Gasteiger partial charge in [-0.3, -0.25) is 9.59 Å². The van der Waals surface area contributed by atoms with E-state index in [9.17, 15) is 9.59 Å². The first-order valence-electron chi connectivity index (χ1n) is 8.98. The van der Waals surface area contributed by atoms with E-state index in [1.54, 1.807) is 17.4 Å². The van der Waals surface area contributed by atoms with Crippen molar-refractivity contribution in [3.8, 4) is 16.8 Å².